The van der Waals surface area contributed by atoms with Gasteiger partial charge in [-0.25, -0.2) is 4.79 Å². The fourth-order valence-electron chi connectivity index (χ4n) is 1.78. The van der Waals surface area contributed by atoms with Crippen LogP contribution in [0.5, 0.6) is 0 Å². The summed E-state index contributed by atoms with van der Waals surface area (Å²) in [6, 6.07) is 8.98. The number of hydrogen-bond donors (Lipinski definition) is 0. The molecule has 0 amide bonds. The number of rotatable bonds is 8. The molecule has 0 spiro atoms. The Morgan fingerprint density at radius 1 is 1.13 bits per heavy atom. The van der Waals surface area contributed by atoms with Gasteiger partial charge in [0, 0.05) is 13.0 Å². The molecule has 0 aliphatic carbocycles. The van der Waals surface area contributed by atoms with Crippen LogP contribution in [0.3, 0.4) is 0 Å². The van der Waals surface area contributed by atoms with Crippen LogP contribution in [0.2, 0.25) is 18.1 Å². The normalized spacial score (nSPS) is 12.0. The molecule has 4 heteroatoms. The van der Waals surface area contributed by atoms with E-state index in [0.717, 1.165) is 19.4 Å². The van der Waals surface area contributed by atoms with Crippen LogP contribution in [-0.2, 0) is 9.16 Å². The second-order valence-electron chi connectivity index (χ2n) is 7.36. The van der Waals surface area contributed by atoms with E-state index < -0.39 is 8.32 Å². The Kier molecular flexibility index (Phi) is 7.23. The van der Waals surface area contributed by atoms with Gasteiger partial charge in [-0.1, -0.05) is 45.5 Å². The monoisotopic (exact) mass is 334 g/mol. The maximum absolute atomic E-state index is 11.9. The van der Waals surface area contributed by atoms with Gasteiger partial charge in [-0.2, -0.15) is 0 Å². The van der Waals surface area contributed by atoms with Crippen molar-refractivity contribution < 1.29 is 14.0 Å². The largest absolute Gasteiger partial charge is 0.428 e. The molecule has 23 heavy (non-hydrogen) atoms. The van der Waals surface area contributed by atoms with Crippen molar-refractivity contribution in [3.63, 3.8) is 0 Å². The molecule has 1 aromatic rings. The van der Waals surface area contributed by atoms with Crippen LogP contribution in [0.1, 0.15) is 50.4 Å². The Labute approximate surface area is 141 Å². The van der Waals surface area contributed by atoms with Crippen molar-refractivity contribution in [2.75, 3.05) is 6.61 Å². The van der Waals surface area contributed by atoms with Crippen molar-refractivity contribution in [2.45, 2.75) is 58.2 Å². The topological polar surface area (TPSA) is 35.5 Å². The van der Waals surface area contributed by atoms with Crippen LogP contribution >= 0.6 is 0 Å². The minimum Gasteiger partial charge on any atom is -0.428 e. The molecule has 0 aromatic heterocycles. The van der Waals surface area contributed by atoms with E-state index in [2.05, 4.69) is 40.4 Å². The zero-order valence-corrected chi connectivity index (χ0v) is 16.1. The fourth-order valence-corrected chi connectivity index (χ4v) is 2.87. The van der Waals surface area contributed by atoms with Crippen LogP contribution in [0, 0.1) is 0 Å². The molecule has 0 unspecified atom stereocenters. The van der Waals surface area contributed by atoms with Crippen LogP contribution in [0.25, 0.3) is 0 Å². The standard InChI is InChI=1S/C19H30O3Si/c1-16(22-18(20)17-13-8-7-9-14-17)12-10-11-15-21-23(5,6)19(2,3)4/h7-9,13-14H,1,10-12,15H2,2-6H3. The Balaban J connectivity index is 2.24. The molecule has 0 saturated heterocycles. The summed E-state index contributed by atoms with van der Waals surface area (Å²) in [5, 5.41) is 0.238. The highest BCUT2D eigenvalue weighted by atomic mass is 28.4. The molecule has 1 rings (SSSR count). The number of carbonyl (C=O) groups is 1. The first-order chi connectivity index (χ1) is 10.6. The smallest absolute Gasteiger partial charge is 0.343 e. The van der Waals surface area contributed by atoms with Crippen molar-refractivity contribution in [3.8, 4) is 0 Å². The molecule has 1 aromatic carbocycles. The number of benzene rings is 1. The van der Waals surface area contributed by atoms with Gasteiger partial charge in [0.15, 0.2) is 8.32 Å². The molecule has 0 N–H and O–H groups in total. The predicted octanol–water partition coefficient (Wildman–Crippen LogP) is 5.55. The molecular weight excluding hydrogens is 304 g/mol. The maximum atomic E-state index is 11.9. The molecule has 3 nitrogen and oxygen atoms in total. The molecule has 0 fully saturated rings. The third-order valence-corrected chi connectivity index (χ3v) is 8.90. The zero-order chi connectivity index (χ0) is 17.5. The Hall–Kier alpha value is -1.39. The molecule has 0 heterocycles. The van der Waals surface area contributed by atoms with Crippen molar-refractivity contribution in [2.24, 2.45) is 0 Å². The first-order valence-corrected chi connectivity index (χ1v) is 11.1. The summed E-state index contributed by atoms with van der Waals surface area (Å²) in [5.74, 6) is 0.180. The number of esters is 1. The number of hydrogen-bond acceptors (Lipinski definition) is 3. The van der Waals surface area contributed by atoms with E-state index in [1.165, 1.54) is 0 Å². The van der Waals surface area contributed by atoms with Crippen molar-refractivity contribution in [1.29, 1.82) is 0 Å². The highest BCUT2D eigenvalue weighted by Crippen LogP contribution is 2.36. The molecular formula is C19H30O3Si. The average molecular weight is 335 g/mol. The van der Waals surface area contributed by atoms with Crippen LogP contribution in [0.4, 0.5) is 0 Å². The van der Waals surface area contributed by atoms with Crippen molar-refractivity contribution >= 4 is 14.3 Å². The van der Waals surface area contributed by atoms with E-state index >= 15 is 0 Å². The zero-order valence-electron chi connectivity index (χ0n) is 15.1. The summed E-state index contributed by atoms with van der Waals surface area (Å²) < 4.78 is 11.4. The number of allylic oxidation sites excluding steroid dienone is 1. The SMILES string of the molecule is C=C(CCCCO[Si](C)(C)C(C)(C)C)OC(=O)c1ccccc1. The van der Waals surface area contributed by atoms with Gasteiger partial charge in [-0.3, -0.25) is 0 Å². The van der Waals surface area contributed by atoms with Crippen molar-refractivity contribution in [1.82, 2.24) is 0 Å². The lowest BCUT2D eigenvalue weighted by molar-refractivity contribution is 0.0614. The summed E-state index contributed by atoms with van der Waals surface area (Å²) in [6.07, 6.45) is 2.55. The van der Waals surface area contributed by atoms with Gasteiger partial charge >= 0.3 is 5.97 Å². The third kappa shape index (κ3) is 6.71. The molecule has 0 radical (unpaired) electrons. The molecule has 0 atom stereocenters. The summed E-state index contributed by atoms with van der Waals surface area (Å²) in [5.41, 5.74) is 0.551. The van der Waals surface area contributed by atoms with Crippen LogP contribution in [-0.4, -0.2) is 20.9 Å². The number of unbranched alkanes of at least 4 members (excludes halogenated alkanes) is 1. The number of ether oxygens (including phenoxy) is 1. The molecule has 0 saturated carbocycles. The Morgan fingerprint density at radius 3 is 2.30 bits per heavy atom. The van der Waals surface area contributed by atoms with Gasteiger partial charge in [-0.05, 0) is 43.1 Å². The van der Waals surface area contributed by atoms with Crippen LogP contribution in [0.15, 0.2) is 42.7 Å². The second-order valence-corrected chi connectivity index (χ2v) is 12.2. The van der Waals surface area contributed by atoms with Crippen LogP contribution < -0.4 is 0 Å². The predicted molar refractivity (Wildman–Crippen MR) is 98.0 cm³/mol. The van der Waals surface area contributed by atoms with Gasteiger partial charge in [0.25, 0.3) is 0 Å². The highest BCUT2D eigenvalue weighted by molar-refractivity contribution is 6.74. The maximum Gasteiger partial charge on any atom is 0.343 e. The number of carbonyl (C=O) groups excluding carboxylic acids is 1. The van der Waals surface area contributed by atoms with Gasteiger partial charge in [-0.15, -0.1) is 0 Å². The van der Waals surface area contributed by atoms with E-state index in [4.69, 9.17) is 9.16 Å². The lowest BCUT2D eigenvalue weighted by atomic mass is 10.2. The molecule has 0 aliphatic heterocycles. The minimum atomic E-state index is -1.66. The molecule has 128 valence electrons. The van der Waals surface area contributed by atoms with E-state index in [1.807, 2.05) is 18.2 Å². The average Bonchev–Trinajstić information content (AvgIpc) is 2.46. The fraction of sp³-hybridized carbons (Fsp3) is 0.526. The summed E-state index contributed by atoms with van der Waals surface area (Å²) in [4.78, 5) is 11.9. The highest BCUT2D eigenvalue weighted by Gasteiger charge is 2.36. The third-order valence-electron chi connectivity index (χ3n) is 4.37. The second kappa shape index (κ2) is 8.46. The first-order valence-electron chi connectivity index (χ1n) is 8.22. The van der Waals surface area contributed by atoms with E-state index in [1.54, 1.807) is 12.1 Å². The van der Waals surface area contributed by atoms with Gasteiger partial charge in [0.1, 0.15) is 5.76 Å². The van der Waals surface area contributed by atoms with E-state index in [9.17, 15) is 4.79 Å². The lowest BCUT2D eigenvalue weighted by Crippen LogP contribution is -2.40. The quantitative estimate of drug-likeness (QED) is 0.271. The summed E-state index contributed by atoms with van der Waals surface area (Å²) in [7, 11) is -1.66. The lowest BCUT2D eigenvalue weighted by Gasteiger charge is -2.36. The summed E-state index contributed by atoms with van der Waals surface area (Å²) >= 11 is 0. The van der Waals surface area contributed by atoms with Gasteiger partial charge in [0.2, 0.25) is 0 Å². The summed E-state index contributed by atoms with van der Waals surface area (Å²) in [6.45, 7) is 15.8. The molecule has 0 aliphatic rings. The van der Waals surface area contributed by atoms with Gasteiger partial charge < -0.3 is 9.16 Å². The Morgan fingerprint density at radius 2 is 1.74 bits per heavy atom. The Bertz CT molecular complexity index is 515. The molecule has 0 bridgehead atoms. The van der Waals surface area contributed by atoms with E-state index in [-0.39, 0.29) is 11.0 Å². The van der Waals surface area contributed by atoms with E-state index in [0.29, 0.717) is 17.7 Å². The van der Waals surface area contributed by atoms with Crippen molar-refractivity contribution in [3.05, 3.63) is 48.2 Å². The first kappa shape index (κ1) is 19.7. The minimum absolute atomic E-state index is 0.238. The van der Waals surface area contributed by atoms with Gasteiger partial charge in [0.05, 0.1) is 5.56 Å².